The highest BCUT2D eigenvalue weighted by Gasteiger charge is 2.11. The van der Waals surface area contributed by atoms with Crippen LogP contribution in [0.1, 0.15) is 27.2 Å². The fourth-order valence-electron chi connectivity index (χ4n) is 2.34. The summed E-state index contributed by atoms with van der Waals surface area (Å²) in [4.78, 5) is 16.7. The van der Waals surface area contributed by atoms with E-state index in [1.165, 1.54) is 16.9 Å². The van der Waals surface area contributed by atoms with Crippen LogP contribution in [0.4, 0.5) is 16.5 Å². The van der Waals surface area contributed by atoms with Crippen molar-refractivity contribution in [3.8, 4) is 0 Å². The van der Waals surface area contributed by atoms with E-state index in [-0.39, 0.29) is 5.91 Å². The van der Waals surface area contributed by atoms with Crippen LogP contribution in [0.15, 0.2) is 47.8 Å². The average molecular weight is 337 g/mol. The van der Waals surface area contributed by atoms with E-state index in [0.717, 1.165) is 22.5 Å². The molecule has 0 saturated heterocycles. The minimum atomic E-state index is -0.205. The summed E-state index contributed by atoms with van der Waals surface area (Å²) < 4.78 is 0. The third-order valence-corrected chi connectivity index (χ3v) is 4.43. The Balaban J connectivity index is 1.70. The van der Waals surface area contributed by atoms with E-state index in [4.69, 9.17) is 0 Å². The second-order valence-corrected chi connectivity index (χ2v) is 6.66. The first-order chi connectivity index (χ1) is 11.5. The van der Waals surface area contributed by atoms with Crippen molar-refractivity contribution in [2.24, 2.45) is 0 Å². The second-order valence-electron chi connectivity index (χ2n) is 5.80. The molecule has 0 saturated carbocycles. The number of anilines is 3. The molecule has 2 aromatic carbocycles. The zero-order valence-electron chi connectivity index (χ0n) is 13.9. The monoisotopic (exact) mass is 337 g/mol. The third kappa shape index (κ3) is 3.81. The van der Waals surface area contributed by atoms with Crippen LogP contribution in [0.2, 0.25) is 0 Å². The maximum absolute atomic E-state index is 12.3. The van der Waals surface area contributed by atoms with Crippen molar-refractivity contribution in [1.82, 2.24) is 4.98 Å². The summed E-state index contributed by atoms with van der Waals surface area (Å²) in [7, 11) is 0. The Morgan fingerprint density at radius 3 is 2.42 bits per heavy atom. The highest BCUT2D eigenvalue weighted by Crippen LogP contribution is 2.24. The minimum absolute atomic E-state index is 0.205. The molecule has 122 valence electrons. The molecule has 0 radical (unpaired) electrons. The van der Waals surface area contributed by atoms with Gasteiger partial charge in [-0.25, -0.2) is 4.98 Å². The maximum Gasteiger partial charge on any atom is 0.275 e. The van der Waals surface area contributed by atoms with Crippen LogP contribution >= 0.6 is 11.3 Å². The van der Waals surface area contributed by atoms with Crippen LogP contribution in [-0.4, -0.2) is 10.9 Å². The zero-order chi connectivity index (χ0) is 17.1. The maximum atomic E-state index is 12.3. The summed E-state index contributed by atoms with van der Waals surface area (Å²) in [5.41, 5.74) is 5.70. The Morgan fingerprint density at radius 1 is 1.00 bits per heavy atom. The van der Waals surface area contributed by atoms with Crippen molar-refractivity contribution in [2.75, 3.05) is 10.6 Å². The number of hydrogen-bond donors (Lipinski definition) is 2. The fraction of sp³-hybridized carbons (Fsp3) is 0.158. The number of aryl methyl sites for hydroxylation is 3. The Hall–Kier alpha value is -2.66. The highest BCUT2D eigenvalue weighted by molar-refractivity contribution is 7.14. The molecule has 3 aromatic rings. The zero-order valence-corrected chi connectivity index (χ0v) is 14.7. The Morgan fingerprint density at radius 2 is 1.71 bits per heavy atom. The molecular formula is C19H19N3OS. The lowest BCUT2D eigenvalue weighted by molar-refractivity contribution is 0.102. The first-order valence-corrected chi connectivity index (χ1v) is 8.57. The normalized spacial score (nSPS) is 10.5. The number of thiazole rings is 1. The number of amides is 1. The number of rotatable bonds is 4. The Labute approximate surface area is 145 Å². The summed E-state index contributed by atoms with van der Waals surface area (Å²) in [6.07, 6.45) is 0. The van der Waals surface area contributed by atoms with Crippen LogP contribution in [0, 0.1) is 20.8 Å². The molecule has 0 unspecified atom stereocenters. The van der Waals surface area contributed by atoms with Gasteiger partial charge in [-0.3, -0.25) is 4.79 Å². The molecule has 0 atom stereocenters. The van der Waals surface area contributed by atoms with Crippen molar-refractivity contribution in [3.05, 3.63) is 70.2 Å². The van der Waals surface area contributed by atoms with Gasteiger partial charge < -0.3 is 10.6 Å². The van der Waals surface area contributed by atoms with E-state index in [1.807, 2.05) is 50.2 Å². The van der Waals surface area contributed by atoms with Gasteiger partial charge in [0.15, 0.2) is 5.13 Å². The van der Waals surface area contributed by atoms with E-state index in [9.17, 15) is 4.79 Å². The first kappa shape index (κ1) is 16.2. The fourth-order valence-corrected chi connectivity index (χ4v) is 3.04. The first-order valence-electron chi connectivity index (χ1n) is 7.69. The molecule has 0 fully saturated rings. The Kier molecular flexibility index (Phi) is 4.62. The molecular weight excluding hydrogens is 318 g/mol. The quantitative estimate of drug-likeness (QED) is 0.699. The molecule has 0 bridgehead atoms. The van der Waals surface area contributed by atoms with Gasteiger partial charge in [-0.05, 0) is 44.5 Å². The van der Waals surface area contributed by atoms with Crippen LogP contribution in [-0.2, 0) is 0 Å². The summed E-state index contributed by atoms with van der Waals surface area (Å²) >= 11 is 1.42. The second kappa shape index (κ2) is 6.84. The van der Waals surface area contributed by atoms with Gasteiger partial charge in [0.2, 0.25) is 0 Å². The molecule has 0 aliphatic heterocycles. The summed E-state index contributed by atoms with van der Waals surface area (Å²) in [5, 5.41) is 8.60. The predicted octanol–water partition coefficient (Wildman–Crippen LogP) is 5.06. The molecule has 0 aliphatic carbocycles. The highest BCUT2D eigenvalue weighted by atomic mass is 32.1. The van der Waals surface area contributed by atoms with E-state index in [2.05, 4.69) is 28.6 Å². The number of benzene rings is 2. The molecule has 0 aliphatic rings. The third-order valence-electron chi connectivity index (χ3n) is 3.67. The van der Waals surface area contributed by atoms with Gasteiger partial charge in [0, 0.05) is 16.8 Å². The lowest BCUT2D eigenvalue weighted by Gasteiger charge is -2.07. The van der Waals surface area contributed by atoms with Gasteiger partial charge in [0.25, 0.3) is 5.91 Å². The summed E-state index contributed by atoms with van der Waals surface area (Å²) in [6.45, 7) is 6.12. The standard InChI is InChI=1S/C19H19N3OS/c1-12-4-7-15(8-5-12)20-18(23)17-11-24-19(22-17)21-16-9-6-13(2)10-14(16)3/h4-11H,1-3H3,(H,20,23)(H,21,22). The van der Waals surface area contributed by atoms with Gasteiger partial charge in [-0.2, -0.15) is 0 Å². The summed E-state index contributed by atoms with van der Waals surface area (Å²) in [5.74, 6) is -0.205. The van der Waals surface area contributed by atoms with Crippen molar-refractivity contribution in [2.45, 2.75) is 20.8 Å². The molecule has 3 rings (SSSR count). The van der Waals surface area contributed by atoms with Crippen LogP contribution < -0.4 is 10.6 Å². The van der Waals surface area contributed by atoms with Gasteiger partial charge in [0.1, 0.15) is 5.69 Å². The number of nitrogens with zero attached hydrogens (tertiary/aromatic N) is 1. The molecule has 1 amide bonds. The van der Waals surface area contributed by atoms with Crippen LogP contribution in [0.3, 0.4) is 0 Å². The largest absolute Gasteiger partial charge is 0.331 e. The van der Waals surface area contributed by atoms with E-state index < -0.39 is 0 Å². The topological polar surface area (TPSA) is 54.0 Å². The van der Waals surface area contributed by atoms with Crippen LogP contribution in [0.5, 0.6) is 0 Å². The Bertz CT molecular complexity index is 869. The lowest BCUT2D eigenvalue weighted by Crippen LogP contribution is -2.12. The van der Waals surface area contributed by atoms with Crippen molar-refractivity contribution in [1.29, 1.82) is 0 Å². The van der Waals surface area contributed by atoms with Gasteiger partial charge in [0.05, 0.1) is 0 Å². The molecule has 24 heavy (non-hydrogen) atoms. The summed E-state index contributed by atoms with van der Waals surface area (Å²) in [6, 6.07) is 13.9. The van der Waals surface area contributed by atoms with E-state index in [1.54, 1.807) is 5.38 Å². The number of aromatic nitrogens is 1. The SMILES string of the molecule is Cc1ccc(NC(=O)c2csc(Nc3ccc(C)cc3C)n2)cc1. The van der Waals surface area contributed by atoms with E-state index >= 15 is 0 Å². The van der Waals surface area contributed by atoms with Gasteiger partial charge in [-0.1, -0.05) is 35.4 Å². The molecule has 1 aromatic heterocycles. The van der Waals surface area contributed by atoms with E-state index in [0.29, 0.717) is 10.8 Å². The number of nitrogens with one attached hydrogen (secondary N) is 2. The number of carbonyl (C=O) groups excluding carboxylic acids is 1. The number of carbonyl (C=O) groups is 1. The van der Waals surface area contributed by atoms with Crippen molar-refractivity contribution < 1.29 is 4.79 Å². The molecule has 0 spiro atoms. The van der Waals surface area contributed by atoms with Crippen LogP contribution in [0.25, 0.3) is 0 Å². The predicted molar refractivity (Wildman–Crippen MR) is 100 cm³/mol. The minimum Gasteiger partial charge on any atom is -0.331 e. The lowest BCUT2D eigenvalue weighted by atomic mass is 10.1. The van der Waals surface area contributed by atoms with Crippen molar-refractivity contribution in [3.63, 3.8) is 0 Å². The van der Waals surface area contributed by atoms with Gasteiger partial charge >= 0.3 is 0 Å². The molecule has 2 N–H and O–H groups in total. The van der Waals surface area contributed by atoms with Crippen molar-refractivity contribution >= 4 is 33.8 Å². The average Bonchev–Trinajstić information content (AvgIpc) is 3.01. The molecule has 4 nitrogen and oxygen atoms in total. The molecule has 1 heterocycles. The molecule has 5 heteroatoms. The van der Waals surface area contributed by atoms with Gasteiger partial charge in [-0.15, -0.1) is 11.3 Å². The number of hydrogen-bond acceptors (Lipinski definition) is 4. The smallest absolute Gasteiger partial charge is 0.275 e.